The van der Waals surface area contributed by atoms with Crippen LogP contribution in [0.3, 0.4) is 0 Å². The van der Waals surface area contributed by atoms with E-state index < -0.39 is 6.10 Å². The van der Waals surface area contributed by atoms with Gasteiger partial charge in [0.05, 0.1) is 16.6 Å². The number of aromatic nitrogens is 2. The van der Waals surface area contributed by atoms with Crippen LogP contribution in [0, 0.1) is 6.92 Å². The third-order valence-electron chi connectivity index (χ3n) is 3.18. The molecule has 1 atom stereocenters. The van der Waals surface area contributed by atoms with Crippen molar-refractivity contribution in [2.24, 2.45) is 0 Å². The van der Waals surface area contributed by atoms with Crippen molar-refractivity contribution in [1.82, 2.24) is 9.97 Å². The maximum Gasteiger partial charge on any atom is 0.0954 e. The Bertz CT molecular complexity index is 723. The Kier molecular flexibility index (Phi) is 3.76. The highest BCUT2D eigenvalue weighted by Crippen LogP contribution is 2.15. The molecule has 4 heteroatoms. The minimum atomic E-state index is -0.436. The van der Waals surface area contributed by atoms with E-state index in [4.69, 9.17) is 0 Å². The van der Waals surface area contributed by atoms with E-state index in [1.165, 1.54) is 0 Å². The molecule has 0 amide bonds. The molecule has 0 bridgehead atoms. The van der Waals surface area contributed by atoms with E-state index in [1.807, 2.05) is 42.6 Å². The zero-order valence-corrected chi connectivity index (χ0v) is 12.1. The van der Waals surface area contributed by atoms with E-state index in [2.05, 4.69) is 16.0 Å². The minimum absolute atomic E-state index is 0.436. The number of hydrogen-bond acceptors (Lipinski definition) is 4. The topological polar surface area (TPSA) is 46.0 Å². The lowest BCUT2D eigenvalue weighted by Gasteiger charge is -2.09. The van der Waals surface area contributed by atoms with Gasteiger partial charge < -0.3 is 5.11 Å². The number of thiazole rings is 1. The van der Waals surface area contributed by atoms with Gasteiger partial charge in [0.25, 0.3) is 0 Å². The number of para-hydroxylation sites is 1. The second kappa shape index (κ2) is 5.69. The monoisotopic (exact) mass is 284 g/mol. The molecule has 1 N–H and O–H groups in total. The summed E-state index contributed by atoms with van der Waals surface area (Å²) >= 11 is 1.60. The molecule has 102 valence electrons. The molecular formula is C16H16N2OS. The molecule has 3 nitrogen and oxygen atoms in total. The van der Waals surface area contributed by atoms with Gasteiger partial charge in [-0.3, -0.25) is 4.98 Å². The molecule has 0 aliphatic heterocycles. The van der Waals surface area contributed by atoms with Crippen molar-refractivity contribution < 1.29 is 5.11 Å². The average molecular weight is 284 g/mol. The number of hydrogen-bond donors (Lipinski definition) is 1. The van der Waals surface area contributed by atoms with Crippen molar-refractivity contribution in [3.63, 3.8) is 0 Å². The standard InChI is InChI=1S/C16H16N2OS/c1-11-10-20-16(17-11)9-14(19)8-13-7-6-12-4-2-3-5-15(12)18-13/h2-7,10,14,19H,8-9H2,1H3. The van der Waals surface area contributed by atoms with Gasteiger partial charge in [-0.15, -0.1) is 11.3 Å². The molecule has 1 aromatic carbocycles. The van der Waals surface area contributed by atoms with Crippen molar-refractivity contribution in [3.8, 4) is 0 Å². The number of aliphatic hydroxyl groups is 1. The second-order valence-electron chi connectivity index (χ2n) is 4.94. The predicted molar refractivity (Wildman–Crippen MR) is 82.0 cm³/mol. The quantitative estimate of drug-likeness (QED) is 0.800. The van der Waals surface area contributed by atoms with Gasteiger partial charge in [-0.1, -0.05) is 24.3 Å². The third kappa shape index (κ3) is 3.03. The van der Waals surface area contributed by atoms with Crippen LogP contribution >= 0.6 is 11.3 Å². The summed E-state index contributed by atoms with van der Waals surface area (Å²) in [5.74, 6) is 0. The molecule has 0 radical (unpaired) electrons. The maximum atomic E-state index is 10.2. The van der Waals surface area contributed by atoms with E-state index in [0.29, 0.717) is 12.8 Å². The van der Waals surface area contributed by atoms with Crippen LogP contribution in [0.15, 0.2) is 41.8 Å². The van der Waals surface area contributed by atoms with E-state index in [9.17, 15) is 5.11 Å². The molecule has 0 spiro atoms. The molecule has 3 aromatic rings. The number of benzene rings is 1. The van der Waals surface area contributed by atoms with Gasteiger partial charge in [0.1, 0.15) is 0 Å². The first-order valence-corrected chi connectivity index (χ1v) is 7.52. The van der Waals surface area contributed by atoms with Gasteiger partial charge in [0.2, 0.25) is 0 Å². The highest BCUT2D eigenvalue weighted by molar-refractivity contribution is 7.09. The van der Waals surface area contributed by atoms with Crippen LogP contribution in [0.25, 0.3) is 10.9 Å². The van der Waals surface area contributed by atoms with E-state index in [0.717, 1.165) is 27.3 Å². The summed E-state index contributed by atoms with van der Waals surface area (Å²) in [6, 6.07) is 12.1. The third-order valence-corrected chi connectivity index (χ3v) is 4.17. The Morgan fingerprint density at radius 2 is 1.95 bits per heavy atom. The normalized spacial score (nSPS) is 12.7. The van der Waals surface area contributed by atoms with Crippen LogP contribution < -0.4 is 0 Å². The second-order valence-corrected chi connectivity index (χ2v) is 5.88. The molecule has 2 aromatic heterocycles. The molecule has 0 aliphatic carbocycles. The maximum absolute atomic E-state index is 10.2. The van der Waals surface area contributed by atoms with Crippen molar-refractivity contribution in [3.05, 3.63) is 58.2 Å². The van der Waals surface area contributed by atoms with Crippen LogP contribution in [-0.2, 0) is 12.8 Å². The first-order valence-electron chi connectivity index (χ1n) is 6.64. The SMILES string of the molecule is Cc1csc(CC(O)Cc2ccc3ccccc3n2)n1. The van der Waals surface area contributed by atoms with E-state index in [1.54, 1.807) is 11.3 Å². The molecule has 1 unspecified atom stereocenters. The zero-order chi connectivity index (χ0) is 13.9. The zero-order valence-electron chi connectivity index (χ0n) is 11.3. The summed E-state index contributed by atoms with van der Waals surface area (Å²) in [5.41, 5.74) is 2.91. The van der Waals surface area contributed by atoms with Gasteiger partial charge in [0, 0.05) is 35.0 Å². The fourth-order valence-electron chi connectivity index (χ4n) is 2.23. The predicted octanol–water partition coefficient (Wildman–Crippen LogP) is 3.15. The molecule has 2 heterocycles. The molecule has 3 rings (SSSR count). The molecular weight excluding hydrogens is 268 g/mol. The van der Waals surface area contributed by atoms with Crippen molar-refractivity contribution >= 4 is 22.2 Å². The summed E-state index contributed by atoms with van der Waals surface area (Å²) in [6.45, 7) is 1.97. The lowest BCUT2D eigenvalue weighted by molar-refractivity contribution is 0.174. The lowest BCUT2D eigenvalue weighted by Crippen LogP contribution is -2.14. The van der Waals surface area contributed by atoms with E-state index in [-0.39, 0.29) is 0 Å². The first-order chi connectivity index (χ1) is 9.70. The van der Waals surface area contributed by atoms with Crippen LogP contribution in [0.4, 0.5) is 0 Å². The molecule has 0 saturated carbocycles. The Hall–Kier alpha value is -1.78. The fourth-order valence-corrected chi connectivity index (χ4v) is 3.08. The Balaban J connectivity index is 1.72. The minimum Gasteiger partial charge on any atom is -0.392 e. The summed E-state index contributed by atoms with van der Waals surface area (Å²) in [5, 5.41) is 14.3. The highest BCUT2D eigenvalue weighted by atomic mass is 32.1. The van der Waals surface area contributed by atoms with Crippen molar-refractivity contribution in [1.29, 1.82) is 0 Å². The smallest absolute Gasteiger partial charge is 0.0954 e. The van der Waals surface area contributed by atoms with Crippen LogP contribution in [0.5, 0.6) is 0 Å². The van der Waals surface area contributed by atoms with Crippen molar-refractivity contribution in [2.75, 3.05) is 0 Å². The van der Waals surface area contributed by atoms with E-state index >= 15 is 0 Å². The van der Waals surface area contributed by atoms with Gasteiger partial charge in [-0.25, -0.2) is 4.98 Å². The van der Waals surface area contributed by atoms with Crippen LogP contribution in [0.1, 0.15) is 16.4 Å². The number of fused-ring (bicyclic) bond motifs is 1. The Labute approximate surface area is 122 Å². The summed E-state index contributed by atoms with van der Waals surface area (Å²) < 4.78 is 0. The number of rotatable bonds is 4. The highest BCUT2D eigenvalue weighted by Gasteiger charge is 2.10. The summed E-state index contributed by atoms with van der Waals surface area (Å²) in [6.07, 6.45) is 0.713. The van der Waals surface area contributed by atoms with Crippen LogP contribution in [0.2, 0.25) is 0 Å². The van der Waals surface area contributed by atoms with Gasteiger partial charge in [-0.2, -0.15) is 0 Å². The number of pyridine rings is 1. The largest absolute Gasteiger partial charge is 0.392 e. The van der Waals surface area contributed by atoms with Gasteiger partial charge in [-0.05, 0) is 19.1 Å². The number of nitrogens with zero attached hydrogens (tertiary/aromatic N) is 2. The van der Waals surface area contributed by atoms with Gasteiger partial charge in [0.15, 0.2) is 0 Å². The number of aliphatic hydroxyl groups excluding tert-OH is 1. The molecule has 0 saturated heterocycles. The summed E-state index contributed by atoms with van der Waals surface area (Å²) in [7, 11) is 0. The Morgan fingerprint density at radius 3 is 2.75 bits per heavy atom. The molecule has 0 aliphatic rings. The van der Waals surface area contributed by atoms with Gasteiger partial charge >= 0.3 is 0 Å². The lowest BCUT2D eigenvalue weighted by atomic mass is 10.1. The first kappa shape index (κ1) is 13.2. The molecule has 20 heavy (non-hydrogen) atoms. The fraction of sp³-hybridized carbons (Fsp3) is 0.250. The average Bonchev–Trinajstić information content (AvgIpc) is 2.83. The number of aryl methyl sites for hydroxylation is 1. The van der Waals surface area contributed by atoms with Crippen molar-refractivity contribution in [2.45, 2.75) is 25.9 Å². The molecule has 0 fully saturated rings. The van der Waals surface area contributed by atoms with Crippen LogP contribution in [-0.4, -0.2) is 21.2 Å². The Morgan fingerprint density at radius 1 is 1.10 bits per heavy atom. The summed E-state index contributed by atoms with van der Waals surface area (Å²) in [4.78, 5) is 8.97.